The molecule has 0 fully saturated rings. The molecule has 0 radical (unpaired) electrons. The maximum atomic E-state index is 12.2. The van der Waals surface area contributed by atoms with Crippen LogP contribution >= 0.6 is 11.3 Å². The molecule has 0 bridgehead atoms. The Morgan fingerprint density at radius 2 is 2.05 bits per heavy atom. The standard InChI is InChI=1S/C14H11N3O3S/c1-8-2-3-9-10(6-8)13(20)17(12(9)19)7-11(18)16-14-15-4-5-21-14/h2-6H,7H2,1H3,(H,15,16,18). The zero-order valence-corrected chi connectivity index (χ0v) is 11.9. The molecule has 0 atom stereocenters. The Labute approximate surface area is 124 Å². The van der Waals surface area contributed by atoms with E-state index in [2.05, 4.69) is 10.3 Å². The fraction of sp³-hybridized carbons (Fsp3) is 0.143. The maximum absolute atomic E-state index is 12.2. The predicted molar refractivity (Wildman–Crippen MR) is 77.3 cm³/mol. The van der Waals surface area contributed by atoms with E-state index >= 15 is 0 Å². The molecule has 7 heteroatoms. The van der Waals surface area contributed by atoms with E-state index in [1.807, 2.05) is 6.92 Å². The van der Waals surface area contributed by atoms with Crippen LogP contribution in [0.3, 0.4) is 0 Å². The van der Waals surface area contributed by atoms with Gasteiger partial charge < -0.3 is 5.32 Å². The number of nitrogens with one attached hydrogen (secondary N) is 1. The number of imide groups is 1. The van der Waals surface area contributed by atoms with Crippen molar-refractivity contribution >= 4 is 34.2 Å². The average molecular weight is 301 g/mol. The molecular formula is C14H11N3O3S. The van der Waals surface area contributed by atoms with Crippen molar-refractivity contribution in [2.24, 2.45) is 0 Å². The van der Waals surface area contributed by atoms with Crippen LogP contribution in [0, 0.1) is 6.92 Å². The lowest BCUT2D eigenvalue weighted by Gasteiger charge is -2.12. The fourth-order valence-electron chi connectivity index (χ4n) is 2.14. The molecule has 1 aromatic carbocycles. The third-order valence-corrected chi connectivity index (χ3v) is 3.80. The number of amides is 3. The third-order valence-electron chi connectivity index (χ3n) is 3.11. The summed E-state index contributed by atoms with van der Waals surface area (Å²) in [6, 6.07) is 5.04. The van der Waals surface area contributed by atoms with E-state index in [0.29, 0.717) is 16.3 Å². The smallest absolute Gasteiger partial charge is 0.262 e. The first-order valence-electron chi connectivity index (χ1n) is 6.22. The highest BCUT2D eigenvalue weighted by Gasteiger charge is 2.36. The van der Waals surface area contributed by atoms with Gasteiger partial charge in [-0.1, -0.05) is 11.6 Å². The van der Waals surface area contributed by atoms with E-state index < -0.39 is 17.7 Å². The van der Waals surface area contributed by atoms with Gasteiger partial charge in [-0.3, -0.25) is 19.3 Å². The molecule has 1 aromatic heterocycles. The predicted octanol–water partition coefficient (Wildman–Crippen LogP) is 1.69. The number of aromatic nitrogens is 1. The van der Waals surface area contributed by atoms with Crippen LogP contribution < -0.4 is 5.32 Å². The van der Waals surface area contributed by atoms with Gasteiger partial charge in [-0.2, -0.15) is 0 Å². The van der Waals surface area contributed by atoms with Crippen molar-refractivity contribution in [3.63, 3.8) is 0 Å². The van der Waals surface area contributed by atoms with Gasteiger partial charge in [0, 0.05) is 11.6 Å². The summed E-state index contributed by atoms with van der Waals surface area (Å²) in [6.45, 7) is 1.53. The molecular weight excluding hydrogens is 290 g/mol. The first-order valence-corrected chi connectivity index (χ1v) is 7.10. The number of aryl methyl sites for hydroxylation is 1. The molecule has 21 heavy (non-hydrogen) atoms. The Balaban J connectivity index is 1.77. The van der Waals surface area contributed by atoms with E-state index in [9.17, 15) is 14.4 Å². The highest BCUT2D eigenvalue weighted by Crippen LogP contribution is 2.23. The van der Waals surface area contributed by atoms with Crippen molar-refractivity contribution in [2.45, 2.75) is 6.92 Å². The number of thiazole rings is 1. The Bertz CT molecular complexity index is 740. The molecule has 6 nitrogen and oxygen atoms in total. The maximum Gasteiger partial charge on any atom is 0.262 e. The minimum Gasteiger partial charge on any atom is -0.300 e. The van der Waals surface area contributed by atoms with Crippen LogP contribution in [0.15, 0.2) is 29.8 Å². The van der Waals surface area contributed by atoms with Gasteiger partial charge in [-0.15, -0.1) is 11.3 Å². The van der Waals surface area contributed by atoms with Gasteiger partial charge in [0.25, 0.3) is 11.8 Å². The fourth-order valence-corrected chi connectivity index (χ4v) is 2.68. The minimum atomic E-state index is -0.448. The Kier molecular flexibility index (Phi) is 3.26. The summed E-state index contributed by atoms with van der Waals surface area (Å²) in [5, 5.41) is 4.71. The lowest BCUT2D eigenvalue weighted by Crippen LogP contribution is -2.37. The van der Waals surface area contributed by atoms with E-state index in [-0.39, 0.29) is 6.54 Å². The van der Waals surface area contributed by atoms with Crippen LogP contribution in [0.2, 0.25) is 0 Å². The number of fused-ring (bicyclic) bond motifs is 1. The average Bonchev–Trinajstić information content (AvgIpc) is 3.02. The molecule has 2 aromatic rings. The van der Waals surface area contributed by atoms with E-state index in [1.54, 1.807) is 29.8 Å². The first-order chi connectivity index (χ1) is 10.1. The molecule has 3 rings (SSSR count). The van der Waals surface area contributed by atoms with Crippen LogP contribution in [0.4, 0.5) is 5.13 Å². The van der Waals surface area contributed by atoms with Crippen LogP contribution in [0.25, 0.3) is 0 Å². The minimum absolute atomic E-state index is 0.315. The van der Waals surface area contributed by atoms with Gasteiger partial charge in [-0.05, 0) is 19.1 Å². The summed E-state index contributed by atoms with van der Waals surface area (Å²) in [4.78, 5) is 41.1. The normalized spacial score (nSPS) is 13.5. The molecule has 3 amide bonds. The number of carbonyl (C=O) groups is 3. The second-order valence-corrected chi connectivity index (χ2v) is 5.53. The number of hydrogen-bond donors (Lipinski definition) is 1. The van der Waals surface area contributed by atoms with Gasteiger partial charge in [-0.25, -0.2) is 4.98 Å². The van der Waals surface area contributed by atoms with E-state index in [0.717, 1.165) is 10.5 Å². The Morgan fingerprint density at radius 3 is 2.76 bits per heavy atom. The highest BCUT2D eigenvalue weighted by molar-refractivity contribution is 7.13. The summed E-state index contributed by atoms with van der Waals surface area (Å²) in [5.74, 6) is -1.33. The summed E-state index contributed by atoms with van der Waals surface area (Å²) in [6.07, 6.45) is 1.56. The Morgan fingerprint density at radius 1 is 1.29 bits per heavy atom. The molecule has 0 saturated heterocycles. The number of carbonyl (C=O) groups excluding carboxylic acids is 3. The van der Waals surface area contributed by atoms with Crippen molar-refractivity contribution in [2.75, 3.05) is 11.9 Å². The SMILES string of the molecule is Cc1ccc2c(c1)C(=O)N(CC(=O)Nc1nccs1)C2=O. The monoisotopic (exact) mass is 301 g/mol. The zero-order chi connectivity index (χ0) is 15.0. The third kappa shape index (κ3) is 2.43. The van der Waals surface area contributed by atoms with Crippen molar-refractivity contribution in [3.8, 4) is 0 Å². The van der Waals surface area contributed by atoms with Gasteiger partial charge in [0.2, 0.25) is 5.91 Å². The summed E-state index contributed by atoms with van der Waals surface area (Å²) < 4.78 is 0. The number of nitrogens with zero attached hydrogens (tertiary/aromatic N) is 2. The number of anilines is 1. The summed E-state index contributed by atoms with van der Waals surface area (Å²) >= 11 is 1.27. The highest BCUT2D eigenvalue weighted by atomic mass is 32.1. The molecule has 1 N–H and O–H groups in total. The second-order valence-electron chi connectivity index (χ2n) is 4.63. The first kappa shape index (κ1) is 13.4. The number of rotatable bonds is 3. The number of hydrogen-bond acceptors (Lipinski definition) is 5. The van der Waals surface area contributed by atoms with Crippen LogP contribution in [0.1, 0.15) is 26.3 Å². The summed E-state index contributed by atoms with van der Waals surface area (Å²) in [5.41, 5.74) is 1.58. The lowest BCUT2D eigenvalue weighted by atomic mass is 10.1. The van der Waals surface area contributed by atoms with Crippen molar-refractivity contribution < 1.29 is 14.4 Å². The van der Waals surface area contributed by atoms with Crippen molar-refractivity contribution in [1.82, 2.24) is 9.88 Å². The van der Waals surface area contributed by atoms with Crippen molar-refractivity contribution in [1.29, 1.82) is 0 Å². The molecule has 106 valence electrons. The quantitative estimate of drug-likeness (QED) is 0.875. The summed E-state index contributed by atoms with van der Waals surface area (Å²) in [7, 11) is 0. The Hall–Kier alpha value is -2.54. The van der Waals surface area contributed by atoms with Gasteiger partial charge >= 0.3 is 0 Å². The van der Waals surface area contributed by atoms with Gasteiger partial charge in [0.15, 0.2) is 5.13 Å². The molecule has 1 aliphatic heterocycles. The largest absolute Gasteiger partial charge is 0.300 e. The van der Waals surface area contributed by atoms with Gasteiger partial charge in [0.05, 0.1) is 11.1 Å². The molecule has 0 spiro atoms. The number of benzene rings is 1. The van der Waals surface area contributed by atoms with Crippen molar-refractivity contribution in [3.05, 3.63) is 46.5 Å². The topological polar surface area (TPSA) is 79.4 Å². The zero-order valence-electron chi connectivity index (χ0n) is 11.1. The van der Waals surface area contributed by atoms with E-state index in [4.69, 9.17) is 0 Å². The van der Waals surface area contributed by atoms with Crippen LogP contribution in [-0.2, 0) is 4.79 Å². The lowest BCUT2D eigenvalue weighted by molar-refractivity contribution is -0.116. The molecule has 1 aliphatic rings. The molecule has 0 saturated carbocycles. The van der Waals surface area contributed by atoms with Crippen LogP contribution in [-0.4, -0.2) is 34.2 Å². The van der Waals surface area contributed by atoms with Crippen LogP contribution in [0.5, 0.6) is 0 Å². The van der Waals surface area contributed by atoms with Gasteiger partial charge in [0.1, 0.15) is 6.54 Å². The molecule has 2 heterocycles. The molecule has 0 unspecified atom stereocenters. The van der Waals surface area contributed by atoms with E-state index in [1.165, 1.54) is 11.3 Å². The molecule has 0 aliphatic carbocycles. The second kappa shape index (κ2) is 5.10.